The lowest BCUT2D eigenvalue weighted by molar-refractivity contribution is -0.143. The van der Waals surface area contributed by atoms with Gasteiger partial charge in [-0.1, -0.05) is 48.5 Å². The molecule has 0 spiro atoms. The summed E-state index contributed by atoms with van der Waals surface area (Å²) in [4.78, 5) is 14.1. The third kappa shape index (κ3) is 5.67. The molecule has 3 heteroatoms. The smallest absolute Gasteiger partial charge is 0.306 e. The van der Waals surface area contributed by atoms with Gasteiger partial charge in [-0.15, -0.1) is 0 Å². The molecule has 2 aromatic rings. The molecule has 1 heterocycles. The van der Waals surface area contributed by atoms with Crippen LogP contribution in [0.25, 0.3) is 11.1 Å². The molecule has 0 N–H and O–H groups in total. The minimum absolute atomic E-state index is 0.125. The lowest BCUT2D eigenvalue weighted by atomic mass is 10.0. The van der Waals surface area contributed by atoms with E-state index in [0.29, 0.717) is 13.0 Å². The van der Waals surface area contributed by atoms with E-state index in [9.17, 15) is 4.79 Å². The fourth-order valence-corrected chi connectivity index (χ4v) is 3.80. The summed E-state index contributed by atoms with van der Waals surface area (Å²) >= 11 is 0. The van der Waals surface area contributed by atoms with Crippen molar-refractivity contribution in [2.45, 2.75) is 52.0 Å². The van der Waals surface area contributed by atoms with Crippen LogP contribution in [0.15, 0.2) is 48.5 Å². The zero-order valence-corrected chi connectivity index (χ0v) is 16.6. The van der Waals surface area contributed by atoms with Gasteiger partial charge in [-0.25, -0.2) is 0 Å². The van der Waals surface area contributed by atoms with Crippen molar-refractivity contribution in [1.82, 2.24) is 4.90 Å². The summed E-state index contributed by atoms with van der Waals surface area (Å²) in [5.74, 6) is -0.125. The van der Waals surface area contributed by atoms with Crippen LogP contribution in [-0.4, -0.2) is 36.6 Å². The topological polar surface area (TPSA) is 29.5 Å². The number of carbonyl (C=O) groups is 1. The van der Waals surface area contributed by atoms with Gasteiger partial charge in [0.05, 0.1) is 6.61 Å². The molecular weight excluding hydrogens is 334 g/mol. The number of aryl methyl sites for hydroxylation is 1. The normalized spacial score (nSPS) is 17.2. The Morgan fingerprint density at radius 1 is 1.00 bits per heavy atom. The Morgan fingerprint density at radius 2 is 1.59 bits per heavy atom. The second-order valence-corrected chi connectivity index (χ2v) is 7.48. The summed E-state index contributed by atoms with van der Waals surface area (Å²) in [5.41, 5.74) is 5.03. The van der Waals surface area contributed by atoms with Gasteiger partial charge >= 0.3 is 5.97 Å². The van der Waals surface area contributed by atoms with Crippen LogP contribution < -0.4 is 0 Å². The minimum atomic E-state index is -0.125. The van der Waals surface area contributed by atoms with Crippen LogP contribution in [0.2, 0.25) is 0 Å². The summed E-state index contributed by atoms with van der Waals surface area (Å²) < 4.78 is 4.98. The molecule has 27 heavy (non-hydrogen) atoms. The van der Waals surface area contributed by atoms with Crippen LogP contribution >= 0.6 is 0 Å². The number of likely N-dealkylation sites (tertiary alicyclic amines) is 1. The zero-order chi connectivity index (χ0) is 19.1. The molecule has 3 rings (SSSR count). The van der Waals surface area contributed by atoms with Gasteiger partial charge in [-0.3, -0.25) is 4.79 Å². The maximum atomic E-state index is 11.5. The molecule has 0 aromatic heterocycles. The van der Waals surface area contributed by atoms with Crippen LogP contribution in [0, 0.1) is 0 Å². The maximum absolute atomic E-state index is 11.5. The number of nitrogens with zero attached hydrogens (tertiary/aromatic N) is 1. The Kier molecular flexibility index (Phi) is 7.05. The van der Waals surface area contributed by atoms with Crippen molar-refractivity contribution < 1.29 is 9.53 Å². The number of hydrogen-bond donors (Lipinski definition) is 0. The predicted molar refractivity (Wildman–Crippen MR) is 111 cm³/mol. The van der Waals surface area contributed by atoms with E-state index in [2.05, 4.69) is 60.4 Å². The average molecular weight is 366 g/mol. The van der Waals surface area contributed by atoms with Gasteiger partial charge in [0.25, 0.3) is 0 Å². The molecule has 0 saturated carbocycles. The first-order chi connectivity index (χ1) is 13.2. The number of benzene rings is 2. The van der Waals surface area contributed by atoms with E-state index in [4.69, 9.17) is 4.74 Å². The van der Waals surface area contributed by atoms with E-state index < -0.39 is 0 Å². The summed E-state index contributed by atoms with van der Waals surface area (Å²) in [7, 11) is 0. The Labute approximate surface area is 163 Å². The molecule has 144 valence electrons. The number of ether oxygens (including phenoxy) is 1. The summed E-state index contributed by atoms with van der Waals surface area (Å²) in [6.07, 6.45) is 4.98. The van der Waals surface area contributed by atoms with Crippen LogP contribution in [0.4, 0.5) is 0 Å². The fourth-order valence-electron chi connectivity index (χ4n) is 3.80. The molecule has 1 aliphatic rings. The van der Waals surface area contributed by atoms with Gasteiger partial charge in [-0.05, 0) is 68.3 Å². The van der Waals surface area contributed by atoms with Gasteiger partial charge in [0.2, 0.25) is 0 Å². The summed E-state index contributed by atoms with van der Waals surface area (Å²) in [6, 6.07) is 18.2. The summed E-state index contributed by atoms with van der Waals surface area (Å²) in [5, 5.41) is 0. The Morgan fingerprint density at radius 3 is 2.11 bits per heavy atom. The highest BCUT2D eigenvalue weighted by atomic mass is 16.5. The lowest BCUT2D eigenvalue weighted by Crippen LogP contribution is -2.28. The van der Waals surface area contributed by atoms with Crippen LogP contribution in [0.5, 0.6) is 0 Å². The molecule has 1 atom stereocenters. The average Bonchev–Trinajstić information content (AvgIpc) is 3.11. The van der Waals surface area contributed by atoms with Gasteiger partial charge in [0, 0.05) is 19.0 Å². The van der Waals surface area contributed by atoms with Crippen LogP contribution in [-0.2, 0) is 22.4 Å². The Balaban J connectivity index is 1.52. The van der Waals surface area contributed by atoms with E-state index in [-0.39, 0.29) is 5.97 Å². The van der Waals surface area contributed by atoms with E-state index in [0.717, 1.165) is 25.4 Å². The van der Waals surface area contributed by atoms with E-state index >= 15 is 0 Å². The second kappa shape index (κ2) is 9.70. The van der Waals surface area contributed by atoms with E-state index in [1.165, 1.54) is 41.6 Å². The molecule has 1 aliphatic heterocycles. The number of esters is 1. The van der Waals surface area contributed by atoms with Gasteiger partial charge in [0.1, 0.15) is 0 Å². The molecule has 2 aromatic carbocycles. The first-order valence-electron chi connectivity index (χ1n) is 10.2. The van der Waals surface area contributed by atoms with Gasteiger partial charge < -0.3 is 9.64 Å². The minimum Gasteiger partial charge on any atom is -0.466 e. The molecule has 0 bridgehead atoms. The fraction of sp³-hybridized carbons (Fsp3) is 0.458. The quantitative estimate of drug-likeness (QED) is 0.625. The number of rotatable bonds is 8. The second-order valence-electron chi connectivity index (χ2n) is 7.48. The van der Waals surface area contributed by atoms with Crippen molar-refractivity contribution in [3.8, 4) is 11.1 Å². The Hall–Kier alpha value is -2.13. The molecular formula is C24H31NO2. The monoisotopic (exact) mass is 365 g/mol. The van der Waals surface area contributed by atoms with Gasteiger partial charge in [0.15, 0.2) is 0 Å². The molecule has 0 amide bonds. The van der Waals surface area contributed by atoms with Crippen molar-refractivity contribution in [2.75, 3.05) is 19.7 Å². The lowest BCUT2D eigenvalue weighted by Gasteiger charge is -2.20. The van der Waals surface area contributed by atoms with E-state index in [1.807, 2.05) is 6.92 Å². The highest BCUT2D eigenvalue weighted by molar-refractivity contribution is 5.70. The third-order valence-electron chi connectivity index (χ3n) is 5.54. The van der Waals surface area contributed by atoms with Gasteiger partial charge in [-0.2, -0.15) is 0 Å². The zero-order valence-electron chi connectivity index (χ0n) is 16.6. The van der Waals surface area contributed by atoms with Crippen LogP contribution in [0.3, 0.4) is 0 Å². The maximum Gasteiger partial charge on any atom is 0.306 e. The first kappa shape index (κ1) is 19.6. The molecule has 0 radical (unpaired) electrons. The molecule has 3 nitrogen and oxygen atoms in total. The highest BCUT2D eigenvalue weighted by Gasteiger charge is 2.19. The van der Waals surface area contributed by atoms with Crippen molar-refractivity contribution in [1.29, 1.82) is 0 Å². The first-order valence-corrected chi connectivity index (χ1v) is 10.2. The highest BCUT2D eigenvalue weighted by Crippen LogP contribution is 2.22. The van der Waals surface area contributed by atoms with Crippen molar-refractivity contribution in [2.24, 2.45) is 0 Å². The molecule has 1 saturated heterocycles. The van der Waals surface area contributed by atoms with Crippen LogP contribution in [0.1, 0.15) is 44.2 Å². The third-order valence-corrected chi connectivity index (χ3v) is 5.54. The SMILES string of the molecule is CCOC(=O)CCc1ccc(-c2ccc(CCN3CCC[C@H]3C)cc2)cc1. The molecule has 0 aliphatic carbocycles. The largest absolute Gasteiger partial charge is 0.466 e. The van der Waals surface area contributed by atoms with Crippen molar-refractivity contribution >= 4 is 5.97 Å². The number of carbonyl (C=O) groups excluding carboxylic acids is 1. The molecule has 0 unspecified atom stereocenters. The number of hydrogen-bond acceptors (Lipinski definition) is 3. The van der Waals surface area contributed by atoms with Crippen molar-refractivity contribution in [3.63, 3.8) is 0 Å². The predicted octanol–water partition coefficient (Wildman–Crippen LogP) is 4.88. The van der Waals surface area contributed by atoms with E-state index in [1.54, 1.807) is 0 Å². The standard InChI is InChI=1S/C24H31NO2/c1-3-27-24(26)15-10-20-6-11-22(12-7-20)23-13-8-21(9-14-23)16-18-25-17-4-5-19(25)2/h6-9,11-14,19H,3-5,10,15-18H2,1-2H3/t19-/m1/s1. The Bertz CT molecular complexity index is 721. The summed E-state index contributed by atoms with van der Waals surface area (Å²) in [6.45, 7) is 7.04. The van der Waals surface area contributed by atoms with Crippen molar-refractivity contribution in [3.05, 3.63) is 59.7 Å². The molecule has 1 fully saturated rings.